The van der Waals surface area contributed by atoms with Crippen LogP contribution in [0.1, 0.15) is 17.2 Å². The minimum Gasteiger partial charge on any atom is -0.508 e. The van der Waals surface area contributed by atoms with Crippen molar-refractivity contribution in [3.63, 3.8) is 0 Å². The van der Waals surface area contributed by atoms with Crippen LogP contribution in [0.2, 0.25) is 5.02 Å². The summed E-state index contributed by atoms with van der Waals surface area (Å²) >= 11 is 6.07. The summed E-state index contributed by atoms with van der Waals surface area (Å²) in [5, 5.41) is 21.2. The van der Waals surface area contributed by atoms with E-state index in [1.54, 1.807) is 0 Å². The van der Waals surface area contributed by atoms with Crippen molar-refractivity contribution in [2.45, 2.75) is 12.4 Å². The van der Waals surface area contributed by atoms with Crippen molar-refractivity contribution < 1.29 is 42.4 Å². The van der Waals surface area contributed by atoms with E-state index in [0.29, 0.717) is 5.56 Å². The van der Waals surface area contributed by atoms with E-state index in [-0.39, 0.29) is 33.3 Å². The van der Waals surface area contributed by atoms with Gasteiger partial charge in [-0.1, -0.05) is 23.7 Å². The molecule has 1 aliphatic heterocycles. The van der Waals surface area contributed by atoms with Crippen LogP contribution in [0.15, 0.2) is 72.3 Å². The van der Waals surface area contributed by atoms with Crippen molar-refractivity contribution >= 4 is 34.7 Å². The van der Waals surface area contributed by atoms with Crippen molar-refractivity contribution in [2.24, 2.45) is 0 Å². The van der Waals surface area contributed by atoms with Crippen molar-refractivity contribution in [1.29, 1.82) is 0 Å². The maximum absolute atomic E-state index is 13.2. The van der Waals surface area contributed by atoms with Gasteiger partial charge in [0.25, 0.3) is 11.7 Å². The van der Waals surface area contributed by atoms with Crippen LogP contribution in [0.5, 0.6) is 17.2 Å². The highest BCUT2D eigenvalue weighted by atomic mass is 35.5. The normalized spacial score (nSPS) is 17.4. The lowest BCUT2D eigenvalue weighted by Crippen LogP contribution is -2.29. The number of nitrogens with zero attached hydrogens (tertiary/aromatic N) is 1. The third-order valence-corrected chi connectivity index (χ3v) is 5.65. The first-order valence-electron chi connectivity index (χ1n) is 10.3. The van der Waals surface area contributed by atoms with Crippen LogP contribution in [0.4, 0.5) is 18.9 Å². The molecule has 1 heterocycles. The van der Waals surface area contributed by atoms with Gasteiger partial charge in [0, 0.05) is 10.7 Å². The quantitative estimate of drug-likeness (QED) is 0.259. The van der Waals surface area contributed by atoms with Crippen LogP contribution in [-0.2, 0) is 9.59 Å². The fraction of sp³-hybridized carbons (Fsp3) is 0.120. The molecule has 0 spiro atoms. The zero-order chi connectivity index (χ0) is 26.2. The first-order chi connectivity index (χ1) is 17.0. The second-order valence-electron chi connectivity index (χ2n) is 7.65. The van der Waals surface area contributed by atoms with Crippen molar-refractivity contribution in [2.75, 3.05) is 12.0 Å². The lowest BCUT2D eigenvalue weighted by Gasteiger charge is -2.26. The average Bonchev–Trinajstić information content (AvgIpc) is 3.09. The van der Waals surface area contributed by atoms with E-state index in [4.69, 9.17) is 16.3 Å². The molecule has 2 N–H and O–H groups in total. The minimum absolute atomic E-state index is 0.0562. The number of halogens is 4. The molecule has 36 heavy (non-hydrogen) atoms. The molecule has 0 aromatic heterocycles. The number of Topliss-reactive ketones (excluding diaryl/α,β-unsaturated/α-hetero) is 1. The van der Waals surface area contributed by atoms with Gasteiger partial charge < -0.3 is 19.7 Å². The third-order valence-electron chi connectivity index (χ3n) is 5.42. The Hall–Kier alpha value is -4.18. The number of methoxy groups -OCH3 is 1. The fourth-order valence-electron chi connectivity index (χ4n) is 3.89. The molecule has 3 aromatic carbocycles. The second kappa shape index (κ2) is 9.46. The summed E-state index contributed by atoms with van der Waals surface area (Å²) in [6.45, 7) is 0. The molecule has 11 heteroatoms. The number of aliphatic hydroxyl groups is 1. The van der Waals surface area contributed by atoms with Gasteiger partial charge >= 0.3 is 6.36 Å². The molecule has 1 amide bonds. The van der Waals surface area contributed by atoms with Gasteiger partial charge in [0.1, 0.15) is 23.0 Å². The number of aromatic hydroxyl groups is 1. The summed E-state index contributed by atoms with van der Waals surface area (Å²) < 4.78 is 46.8. The van der Waals surface area contributed by atoms with E-state index in [1.807, 2.05) is 0 Å². The Kier molecular flexibility index (Phi) is 6.55. The van der Waals surface area contributed by atoms with Gasteiger partial charge in [-0.15, -0.1) is 13.2 Å². The van der Waals surface area contributed by atoms with Crippen LogP contribution < -0.4 is 14.4 Å². The summed E-state index contributed by atoms with van der Waals surface area (Å²) in [6.07, 6.45) is -4.91. The number of ether oxygens (including phenoxy) is 2. The number of carbonyl (C=O) groups excluding carboxylic acids is 2. The Morgan fingerprint density at radius 1 is 1.00 bits per heavy atom. The maximum Gasteiger partial charge on any atom is 0.573 e. The Balaban J connectivity index is 1.89. The van der Waals surface area contributed by atoms with Crippen LogP contribution >= 0.6 is 11.6 Å². The number of carbonyl (C=O) groups is 2. The predicted octanol–water partition coefficient (Wildman–Crippen LogP) is 5.58. The lowest BCUT2D eigenvalue weighted by molar-refractivity contribution is -0.274. The van der Waals surface area contributed by atoms with Crippen LogP contribution in [-0.4, -0.2) is 35.4 Å². The molecule has 0 bridgehead atoms. The first-order valence-corrected chi connectivity index (χ1v) is 10.7. The van der Waals surface area contributed by atoms with E-state index in [2.05, 4.69) is 4.74 Å². The van der Waals surface area contributed by atoms with Crippen LogP contribution in [0.3, 0.4) is 0 Å². The maximum atomic E-state index is 13.2. The Bertz CT molecular complexity index is 1350. The molecule has 7 nitrogen and oxygen atoms in total. The average molecular weight is 520 g/mol. The molecule has 1 fully saturated rings. The van der Waals surface area contributed by atoms with E-state index < -0.39 is 35.6 Å². The number of aliphatic hydroxyl groups excluding tert-OH is 1. The standard InChI is InChI=1S/C25H17ClF3NO6/c1-35-19-11-4-14(26)12-18(19)22(32)20-21(13-2-7-16(31)8-3-13)30(24(34)23(20)33)15-5-9-17(10-6-15)36-25(27,28)29/h2-12,21,31-32H,1H3/b22-20+. The number of benzene rings is 3. The number of alkyl halides is 3. The van der Waals surface area contributed by atoms with Gasteiger partial charge in [-0.3, -0.25) is 14.5 Å². The number of phenolic OH excluding ortho intramolecular Hbond substituents is 1. The summed E-state index contributed by atoms with van der Waals surface area (Å²) in [7, 11) is 1.35. The van der Waals surface area contributed by atoms with Gasteiger partial charge in [-0.05, 0) is 60.2 Å². The number of hydrogen-bond donors (Lipinski definition) is 2. The number of hydrogen-bond acceptors (Lipinski definition) is 6. The Morgan fingerprint density at radius 3 is 2.22 bits per heavy atom. The van der Waals surface area contributed by atoms with Crippen LogP contribution in [0, 0.1) is 0 Å². The summed E-state index contributed by atoms with van der Waals surface area (Å²) in [5.74, 6) is -3.05. The van der Waals surface area contributed by atoms with Crippen LogP contribution in [0.25, 0.3) is 5.76 Å². The largest absolute Gasteiger partial charge is 0.573 e. The van der Waals surface area contributed by atoms with Gasteiger partial charge in [-0.2, -0.15) is 0 Å². The highest BCUT2D eigenvalue weighted by molar-refractivity contribution is 6.51. The Morgan fingerprint density at radius 2 is 1.64 bits per heavy atom. The molecule has 0 saturated carbocycles. The summed E-state index contributed by atoms with van der Waals surface area (Å²) in [6, 6.07) is 13.1. The molecule has 1 saturated heterocycles. The molecule has 1 aliphatic rings. The summed E-state index contributed by atoms with van der Waals surface area (Å²) in [5.41, 5.74) is 0.162. The molecule has 0 radical (unpaired) electrons. The lowest BCUT2D eigenvalue weighted by atomic mass is 9.94. The molecule has 3 aromatic rings. The SMILES string of the molecule is COc1ccc(Cl)cc1/C(O)=C1\C(=O)C(=O)N(c2ccc(OC(F)(F)F)cc2)C1c1ccc(O)cc1. The molecule has 1 unspecified atom stereocenters. The molecule has 0 aliphatic carbocycles. The monoisotopic (exact) mass is 519 g/mol. The Labute approximate surface area is 207 Å². The van der Waals surface area contributed by atoms with Gasteiger partial charge in [0.15, 0.2) is 0 Å². The molecular formula is C25H17ClF3NO6. The number of phenols is 1. The number of amides is 1. The van der Waals surface area contributed by atoms with E-state index in [0.717, 1.165) is 17.0 Å². The number of anilines is 1. The van der Waals surface area contributed by atoms with Crippen molar-refractivity contribution in [1.82, 2.24) is 0 Å². The second-order valence-corrected chi connectivity index (χ2v) is 8.08. The third kappa shape index (κ3) is 4.80. The number of ketones is 1. The molecule has 1 atom stereocenters. The van der Waals surface area contributed by atoms with E-state index in [9.17, 15) is 33.0 Å². The first kappa shape index (κ1) is 24.9. The fourth-order valence-corrected chi connectivity index (χ4v) is 4.06. The van der Waals surface area contributed by atoms with Gasteiger partial charge in [-0.25, -0.2) is 0 Å². The zero-order valence-electron chi connectivity index (χ0n) is 18.4. The van der Waals surface area contributed by atoms with Crippen molar-refractivity contribution in [3.05, 3.63) is 88.5 Å². The van der Waals surface area contributed by atoms with E-state index in [1.165, 1.54) is 61.7 Å². The molecule has 4 rings (SSSR count). The highest BCUT2D eigenvalue weighted by Crippen LogP contribution is 2.44. The zero-order valence-corrected chi connectivity index (χ0v) is 19.2. The smallest absolute Gasteiger partial charge is 0.508 e. The van der Waals surface area contributed by atoms with Gasteiger partial charge in [0.2, 0.25) is 0 Å². The molecule has 186 valence electrons. The topological polar surface area (TPSA) is 96.3 Å². The number of rotatable bonds is 5. The predicted molar refractivity (Wildman–Crippen MR) is 124 cm³/mol. The van der Waals surface area contributed by atoms with Crippen molar-refractivity contribution in [3.8, 4) is 17.2 Å². The van der Waals surface area contributed by atoms with E-state index >= 15 is 0 Å². The van der Waals surface area contributed by atoms with Gasteiger partial charge in [0.05, 0.1) is 24.3 Å². The minimum atomic E-state index is -4.91. The summed E-state index contributed by atoms with van der Waals surface area (Å²) in [4.78, 5) is 27.4. The molecular weight excluding hydrogens is 503 g/mol. The highest BCUT2D eigenvalue weighted by Gasteiger charge is 2.47.